The molecule has 1 aliphatic heterocycles. The molecule has 9 heavy (non-hydrogen) atoms. The van der Waals surface area contributed by atoms with Crippen molar-refractivity contribution in [3.63, 3.8) is 0 Å². The van der Waals surface area contributed by atoms with Crippen molar-refractivity contribution >= 4 is 7.41 Å². The molecular formula is C7H14BN. The van der Waals surface area contributed by atoms with Crippen molar-refractivity contribution in [2.24, 2.45) is 0 Å². The van der Waals surface area contributed by atoms with Gasteiger partial charge in [-0.05, 0) is 19.9 Å². The van der Waals surface area contributed by atoms with Crippen molar-refractivity contribution in [3.8, 4) is 0 Å². The second kappa shape index (κ2) is 3.07. The molecule has 0 saturated carbocycles. The lowest BCUT2D eigenvalue weighted by Crippen LogP contribution is -2.30. The van der Waals surface area contributed by atoms with Crippen LogP contribution in [0.1, 0.15) is 13.3 Å². The molecule has 0 aromatic heterocycles. The summed E-state index contributed by atoms with van der Waals surface area (Å²) in [7, 11) is 1.20. The molecule has 1 heterocycles. The average molecular weight is 123 g/mol. The van der Waals surface area contributed by atoms with Crippen LogP contribution in [0.5, 0.6) is 0 Å². The van der Waals surface area contributed by atoms with Crippen LogP contribution < -0.4 is 0 Å². The van der Waals surface area contributed by atoms with Crippen molar-refractivity contribution in [3.05, 3.63) is 11.6 Å². The first-order chi connectivity index (χ1) is 4.33. The van der Waals surface area contributed by atoms with E-state index in [9.17, 15) is 0 Å². The van der Waals surface area contributed by atoms with Crippen molar-refractivity contribution in [1.82, 2.24) is 4.81 Å². The summed E-state index contributed by atoms with van der Waals surface area (Å²) in [5.74, 6) is 0. The molecule has 0 radical (unpaired) electrons. The quantitative estimate of drug-likeness (QED) is 0.372. The number of nitrogens with zero attached hydrogens (tertiary/aromatic N) is 1. The molecule has 0 fully saturated rings. The van der Waals surface area contributed by atoms with Crippen molar-refractivity contribution < 1.29 is 0 Å². The highest BCUT2D eigenvalue weighted by Crippen LogP contribution is 2.07. The van der Waals surface area contributed by atoms with Gasteiger partial charge in [-0.2, -0.15) is 0 Å². The number of hydrogen-bond acceptors (Lipinski definition) is 1. The van der Waals surface area contributed by atoms with Gasteiger partial charge in [-0.25, -0.2) is 0 Å². The van der Waals surface area contributed by atoms with E-state index in [1.165, 1.54) is 26.9 Å². The highest BCUT2D eigenvalue weighted by Gasteiger charge is 2.05. The van der Waals surface area contributed by atoms with Crippen LogP contribution in [0.2, 0.25) is 6.82 Å². The summed E-state index contributed by atoms with van der Waals surface area (Å²) in [6, 6.07) is 0. The van der Waals surface area contributed by atoms with Gasteiger partial charge < -0.3 is 4.81 Å². The van der Waals surface area contributed by atoms with E-state index in [1.807, 2.05) is 0 Å². The van der Waals surface area contributed by atoms with Crippen molar-refractivity contribution in [2.45, 2.75) is 20.2 Å². The van der Waals surface area contributed by atoms with Crippen LogP contribution in [0.4, 0.5) is 0 Å². The Hall–Kier alpha value is -0.235. The molecule has 2 heteroatoms. The molecule has 0 aliphatic carbocycles. The van der Waals surface area contributed by atoms with Gasteiger partial charge in [0.2, 0.25) is 7.41 Å². The van der Waals surface area contributed by atoms with E-state index in [2.05, 4.69) is 24.6 Å². The summed E-state index contributed by atoms with van der Waals surface area (Å²) in [4.78, 5) is 2.45. The third-order valence-corrected chi connectivity index (χ3v) is 1.97. The highest BCUT2D eigenvalue weighted by atomic mass is 15.0. The van der Waals surface area contributed by atoms with Gasteiger partial charge in [0.05, 0.1) is 0 Å². The van der Waals surface area contributed by atoms with Crippen LogP contribution in [0.25, 0.3) is 0 Å². The number of rotatable bonds is 1. The molecule has 1 nitrogen and oxygen atoms in total. The SMILES string of the molecule is CBN1CC=C(C)CC1. The first-order valence-corrected chi connectivity index (χ1v) is 3.71. The van der Waals surface area contributed by atoms with E-state index in [-0.39, 0.29) is 0 Å². The Labute approximate surface area is 58.0 Å². The predicted octanol–water partition coefficient (Wildman–Crippen LogP) is 1.04. The van der Waals surface area contributed by atoms with Gasteiger partial charge in [-0.15, -0.1) is 0 Å². The molecule has 0 aromatic carbocycles. The second-order valence-electron chi connectivity index (χ2n) is 2.69. The van der Waals surface area contributed by atoms with E-state index >= 15 is 0 Å². The molecule has 0 spiro atoms. The van der Waals surface area contributed by atoms with E-state index < -0.39 is 0 Å². The summed E-state index contributed by atoms with van der Waals surface area (Å²) in [5, 5.41) is 0. The second-order valence-corrected chi connectivity index (χ2v) is 2.69. The maximum atomic E-state index is 2.45. The van der Waals surface area contributed by atoms with Crippen LogP contribution in [-0.4, -0.2) is 25.3 Å². The summed E-state index contributed by atoms with van der Waals surface area (Å²) in [6.07, 6.45) is 3.60. The molecular weight excluding hydrogens is 109 g/mol. The standard InChI is InChI=1S/C7H14BN/c1-7-3-5-9(8-2)6-4-7/h3,8H,4-6H2,1-2H3. The molecule has 0 bridgehead atoms. The van der Waals surface area contributed by atoms with Gasteiger partial charge in [-0.3, -0.25) is 0 Å². The lowest BCUT2D eigenvalue weighted by molar-refractivity contribution is 0.472. The van der Waals surface area contributed by atoms with Gasteiger partial charge in [0.15, 0.2) is 0 Å². The van der Waals surface area contributed by atoms with Crippen LogP contribution in [-0.2, 0) is 0 Å². The maximum absolute atomic E-state index is 2.45. The van der Waals surface area contributed by atoms with Crippen molar-refractivity contribution in [2.75, 3.05) is 13.1 Å². The third kappa shape index (κ3) is 1.86. The molecule has 0 N–H and O–H groups in total. The average Bonchev–Trinajstić information content (AvgIpc) is 1.90. The zero-order valence-corrected chi connectivity index (χ0v) is 6.35. The molecule has 0 saturated heterocycles. The van der Waals surface area contributed by atoms with Crippen LogP contribution in [0, 0.1) is 0 Å². The van der Waals surface area contributed by atoms with E-state index in [4.69, 9.17) is 0 Å². The topological polar surface area (TPSA) is 3.24 Å². The lowest BCUT2D eigenvalue weighted by atomic mass is 9.93. The van der Waals surface area contributed by atoms with Gasteiger partial charge in [0.25, 0.3) is 0 Å². The Kier molecular flexibility index (Phi) is 2.34. The largest absolute Gasteiger partial charge is 0.342 e. The summed E-state index contributed by atoms with van der Waals surface area (Å²) >= 11 is 0. The fourth-order valence-corrected chi connectivity index (χ4v) is 1.10. The Morgan fingerprint density at radius 3 is 2.89 bits per heavy atom. The van der Waals surface area contributed by atoms with Gasteiger partial charge in [-0.1, -0.05) is 18.5 Å². The van der Waals surface area contributed by atoms with E-state index in [1.54, 1.807) is 5.57 Å². The minimum absolute atomic E-state index is 1.17. The maximum Gasteiger partial charge on any atom is 0.201 e. The number of hydrogen-bond donors (Lipinski definition) is 0. The Morgan fingerprint density at radius 2 is 2.44 bits per heavy atom. The molecule has 50 valence electrons. The van der Waals surface area contributed by atoms with Crippen LogP contribution in [0.3, 0.4) is 0 Å². The van der Waals surface area contributed by atoms with Gasteiger partial charge >= 0.3 is 0 Å². The van der Waals surface area contributed by atoms with Crippen LogP contribution >= 0.6 is 0 Å². The minimum atomic E-state index is 1.17. The molecule has 0 atom stereocenters. The molecule has 0 amide bonds. The Balaban J connectivity index is 2.36. The van der Waals surface area contributed by atoms with E-state index in [0.29, 0.717) is 0 Å². The van der Waals surface area contributed by atoms with Crippen LogP contribution in [0.15, 0.2) is 11.6 Å². The zero-order valence-electron chi connectivity index (χ0n) is 6.35. The highest BCUT2D eigenvalue weighted by molar-refractivity contribution is 6.29. The normalized spacial score (nSPS) is 21.3. The molecule has 1 aliphatic rings. The Bertz CT molecular complexity index is 120. The van der Waals surface area contributed by atoms with Gasteiger partial charge in [0, 0.05) is 6.54 Å². The first-order valence-electron chi connectivity index (χ1n) is 3.71. The van der Waals surface area contributed by atoms with Crippen molar-refractivity contribution in [1.29, 1.82) is 0 Å². The molecule has 0 aromatic rings. The molecule has 0 unspecified atom stereocenters. The third-order valence-electron chi connectivity index (χ3n) is 1.97. The summed E-state index contributed by atoms with van der Waals surface area (Å²) in [6.45, 7) is 6.86. The lowest BCUT2D eigenvalue weighted by Gasteiger charge is -2.22. The summed E-state index contributed by atoms with van der Waals surface area (Å²) < 4.78 is 0. The smallest absolute Gasteiger partial charge is 0.201 e. The summed E-state index contributed by atoms with van der Waals surface area (Å²) in [5.41, 5.74) is 1.56. The fraction of sp³-hybridized carbons (Fsp3) is 0.714. The predicted molar refractivity (Wildman–Crippen MR) is 43.0 cm³/mol. The zero-order chi connectivity index (χ0) is 6.69. The fourth-order valence-electron chi connectivity index (χ4n) is 1.10. The first kappa shape index (κ1) is 6.88. The Morgan fingerprint density at radius 1 is 1.67 bits per heavy atom. The van der Waals surface area contributed by atoms with E-state index in [0.717, 1.165) is 0 Å². The molecule has 1 rings (SSSR count). The van der Waals surface area contributed by atoms with Gasteiger partial charge in [0.1, 0.15) is 0 Å². The monoisotopic (exact) mass is 123 g/mol. The minimum Gasteiger partial charge on any atom is -0.342 e.